The number of hydrogen-bond donors (Lipinski definition) is 2. The van der Waals surface area contributed by atoms with Crippen LogP contribution < -0.4 is 10.0 Å². The van der Waals surface area contributed by atoms with Gasteiger partial charge in [0.05, 0.1) is 17.0 Å². The molecule has 0 aliphatic carbocycles. The number of benzene rings is 3. The molecule has 4 aromatic rings. The number of anilines is 2. The lowest BCUT2D eigenvalue weighted by atomic mass is 9.95. The summed E-state index contributed by atoms with van der Waals surface area (Å²) in [6.07, 6.45) is 2.35. The SMILES string of the molecule is [C-]#[N+]c1ccc(C)c(-c2cc3nnc(Nc4ccc(S(=O)(=O)NCCN5CCCC5)cc4)nc3cc2C)c1. The lowest BCUT2D eigenvalue weighted by molar-refractivity contribution is 0.344. The number of aromatic nitrogens is 3. The van der Waals surface area contributed by atoms with Crippen LogP contribution in [-0.2, 0) is 10.0 Å². The molecule has 1 aromatic heterocycles. The number of hydrogen-bond acceptors (Lipinski definition) is 7. The van der Waals surface area contributed by atoms with Crippen molar-refractivity contribution in [1.82, 2.24) is 24.8 Å². The summed E-state index contributed by atoms with van der Waals surface area (Å²) in [5.41, 5.74) is 6.64. The lowest BCUT2D eigenvalue weighted by Gasteiger charge is -2.15. The van der Waals surface area contributed by atoms with Gasteiger partial charge in [-0.1, -0.05) is 12.1 Å². The molecule has 0 bridgehead atoms. The highest BCUT2D eigenvalue weighted by Gasteiger charge is 2.16. The molecule has 1 saturated heterocycles. The standard InChI is InChI=1S/C28H29N7O2S/c1-19-6-7-22(29-3)17-24(19)25-18-27-26(16-20(25)2)32-28(34-33-27)31-21-8-10-23(11-9-21)38(36,37)30-12-15-35-13-4-5-14-35/h6-11,16-18,30H,4-5,12-15H2,1-2H3,(H,31,32,34). The van der Waals surface area contributed by atoms with Gasteiger partial charge in [0.2, 0.25) is 16.0 Å². The third kappa shape index (κ3) is 5.65. The lowest BCUT2D eigenvalue weighted by Crippen LogP contribution is -2.33. The molecule has 5 rings (SSSR count). The Labute approximate surface area is 222 Å². The maximum Gasteiger partial charge on any atom is 0.247 e. The van der Waals surface area contributed by atoms with E-state index in [2.05, 4.69) is 35.0 Å². The molecule has 2 heterocycles. The Morgan fingerprint density at radius 2 is 1.66 bits per heavy atom. The van der Waals surface area contributed by atoms with Crippen molar-refractivity contribution in [2.24, 2.45) is 0 Å². The average molecular weight is 528 g/mol. The Morgan fingerprint density at radius 3 is 2.39 bits per heavy atom. The van der Waals surface area contributed by atoms with Gasteiger partial charge in [0.15, 0.2) is 5.69 Å². The van der Waals surface area contributed by atoms with Crippen LogP contribution in [0.1, 0.15) is 24.0 Å². The van der Waals surface area contributed by atoms with Crippen LogP contribution >= 0.6 is 0 Å². The zero-order valence-corrected chi connectivity index (χ0v) is 22.2. The van der Waals surface area contributed by atoms with Crippen molar-refractivity contribution in [2.75, 3.05) is 31.5 Å². The molecule has 10 heteroatoms. The van der Waals surface area contributed by atoms with Crippen LogP contribution in [0.5, 0.6) is 0 Å². The number of aryl methyl sites for hydroxylation is 2. The van der Waals surface area contributed by atoms with Crippen molar-refractivity contribution in [2.45, 2.75) is 31.6 Å². The number of nitrogens with zero attached hydrogens (tertiary/aromatic N) is 5. The number of likely N-dealkylation sites (tertiary alicyclic amines) is 1. The van der Waals surface area contributed by atoms with Gasteiger partial charge < -0.3 is 10.2 Å². The zero-order chi connectivity index (χ0) is 26.7. The van der Waals surface area contributed by atoms with E-state index in [9.17, 15) is 8.42 Å². The first-order chi connectivity index (χ1) is 18.3. The van der Waals surface area contributed by atoms with Gasteiger partial charge in [0, 0.05) is 18.8 Å². The van der Waals surface area contributed by atoms with Crippen molar-refractivity contribution < 1.29 is 8.42 Å². The molecule has 0 spiro atoms. The van der Waals surface area contributed by atoms with Crippen molar-refractivity contribution in [1.29, 1.82) is 0 Å². The highest BCUT2D eigenvalue weighted by atomic mass is 32.2. The number of rotatable bonds is 8. The summed E-state index contributed by atoms with van der Waals surface area (Å²) < 4.78 is 28.0. The van der Waals surface area contributed by atoms with Gasteiger partial charge in [-0.2, -0.15) is 0 Å². The minimum atomic E-state index is -3.57. The van der Waals surface area contributed by atoms with Crippen LogP contribution in [0.4, 0.5) is 17.3 Å². The summed E-state index contributed by atoms with van der Waals surface area (Å²) in [4.78, 5) is 10.6. The van der Waals surface area contributed by atoms with Crippen LogP contribution in [0.2, 0.25) is 0 Å². The highest BCUT2D eigenvalue weighted by Crippen LogP contribution is 2.32. The first-order valence-corrected chi connectivity index (χ1v) is 14.0. The highest BCUT2D eigenvalue weighted by molar-refractivity contribution is 7.89. The van der Waals surface area contributed by atoms with Crippen LogP contribution in [-0.4, -0.2) is 54.7 Å². The second-order valence-corrected chi connectivity index (χ2v) is 11.3. The van der Waals surface area contributed by atoms with Crippen LogP contribution in [0.3, 0.4) is 0 Å². The molecule has 0 amide bonds. The van der Waals surface area contributed by atoms with E-state index in [1.54, 1.807) is 24.3 Å². The Morgan fingerprint density at radius 1 is 0.921 bits per heavy atom. The van der Waals surface area contributed by atoms with Gasteiger partial charge in [0.1, 0.15) is 5.52 Å². The topological polar surface area (TPSA) is 104 Å². The smallest absolute Gasteiger partial charge is 0.247 e. The molecule has 0 unspecified atom stereocenters. The molecular formula is C28H29N7O2S. The molecule has 3 aromatic carbocycles. The Hall–Kier alpha value is -3.91. The molecule has 1 aliphatic rings. The molecule has 2 N–H and O–H groups in total. The molecule has 38 heavy (non-hydrogen) atoms. The normalized spacial score (nSPS) is 14.0. The van der Waals surface area contributed by atoms with Crippen molar-refractivity contribution in [3.05, 3.63) is 77.1 Å². The van der Waals surface area contributed by atoms with E-state index >= 15 is 0 Å². The Bertz CT molecular complexity index is 1620. The molecule has 0 radical (unpaired) electrons. The molecule has 1 fully saturated rings. The van der Waals surface area contributed by atoms with E-state index in [4.69, 9.17) is 6.57 Å². The second kappa shape index (κ2) is 10.8. The predicted molar refractivity (Wildman–Crippen MR) is 149 cm³/mol. The van der Waals surface area contributed by atoms with Gasteiger partial charge in [-0.25, -0.2) is 23.0 Å². The quantitative estimate of drug-likeness (QED) is 0.312. The monoisotopic (exact) mass is 527 g/mol. The summed E-state index contributed by atoms with van der Waals surface area (Å²) in [7, 11) is -3.57. The Kier molecular flexibility index (Phi) is 7.33. The van der Waals surface area contributed by atoms with Crippen LogP contribution in [0, 0.1) is 20.4 Å². The van der Waals surface area contributed by atoms with Gasteiger partial charge in [-0.05, 0) is 104 Å². The van der Waals surface area contributed by atoms with Gasteiger partial charge >= 0.3 is 0 Å². The number of nitrogens with one attached hydrogen (secondary N) is 2. The maximum absolute atomic E-state index is 12.6. The molecule has 0 atom stereocenters. The van der Waals surface area contributed by atoms with Crippen molar-refractivity contribution in [3.63, 3.8) is 0 Å². The number of fused-ring (bicyclic) bond motifs is 1. The first kappa shape index (κ1) is 25.7. The molecule has 194 valence electrons. The molecule has 0 saturated carbocycles. The average Bonchev–Trinajstić information content (AvgIpc) is 3.42. The van der Waals surface area contributed by atoms with Gasteiger partial charge in [-0.15, -0.1) is 10.2 Å². The third-order valence-electron chi connectivity index (χ3n) is 6.78. The van der Waals surface area contributed by atoms with E-state index < -0.39 is 10.0 Å². The summed E-state index contributed by atoms with van der Waals surface area (Å²) in [5.74, 6) is 0.315. The van der Waals surface area contributed by atoms with E-state index in [0.29, 0.717) is 34.9 Å². The molecular weight excluding hydrogens is 498 g/mol. The summed E-state index contributed by atoms with van der Waals surface area (Å²) in [6, 6.07) is 16.0. The molecule has 1 aliphatic heterocycles. The van der Waals surface area contributed by atoms with Crippen LogP contribution in [0.25, 0.3) is 27.0 Å². The third-order valence-corrected chi connectivity index (χ3v) is 8.26. The van der Waals surface area contributed by atoms with Crippen molar-refractivity contribution >= 4 is 38.4 Å². The summed E-state index contributed by atoms with van der Waals surface area (Å²) in [5, 5.41) is 11.7. The fourth-order valence-electron chi connectivity index (χ4n) is 4.68. The molecule has 9 nitrogen and oxygen atoms in total. The Balaban J connectivity index is 1.30. The van der Waals surface area contributed by atoms with E-state index in [1.165, 1.54) is 12.8 Å². The minimum absolute atomic E-state index is 0.211. The van der Waals surface area contributed by atoms with Crippen LogP contribution in [0.15, 0.2) is 59.5 Å². The maximum atomic E-state index is 12.6. The van der Waals surface area contributed by atoms with Gasteiger partial charge in [-0.3, -0.25) is 0 Å². The minimum Gasteiger partial charge on any atom is -0.323 e. The van der Waals surface area contributed by atoms with Gasteiger partial charge in [0.25, 0.3) is 0 Å². The van der Waals surface area contributed by atoms with E-state index in [-0.39, 0.29) is 4.90 Å². The van der Waals surface area contributed by atoms with Crippen molar-refractivity contribution in [3.8, 4) is 11.1 Å². The number of sulfonamides is 1. The fraction of sp³-hybridized carbons (Fsp3) is 0.286. The summed E-state index contributed by atoms with van der Waals surface area (Å²) >= 11 is 0. The largest absolute Gasteiger partial charge is 0.323 e. The van der Waals surface area contributed by atoms with E-state index in [1.807, 2.05) is 44.2 Å². The first-order valence-electron chi connectivity index (χ1n) is 12.5. The second-order valence-electron chi connectivity index (χ2n) is 9.50. The zero-order valence-electron chi connectivity index (χ0n) is 21.4. The fourth-order valence-corrected chi connectivity index (χ4v) is 5.70. The van der Waals surface area contributed by atoms with E-state index in [0.717, 1.165) is 41.9 Å². The summed E-state index contributed by atoms with van der Waals surface area (Å²) in [6.45, 7) is 14.5. The predicted octanol–water partition coefficient (Wildman–Crippen LogP) is 4.98.